The van der Waals surface area contributed by atoms with Crippen molar-refractivity contribution in [2.75, 3.05) is 12.3 Å². The van der Waals surface area contributed by atoms with Crippen LogP contribution >= 0.6 is 11.8 Å². The van der Waals surface area contributed by atoms with Crippen LogP contribution in [0.1, 0.15) is 109 Å². The number of carbonyl (C=O) groups excluding carboxylic acids is 1. The van der Waals surface area contributed by atoms with Crippen molar-refractivity contribution in [3.05, 3.63) is 29.8 Å². The van der Waals surface area contributed by atoms with E-state index in [9.17, 15) is 4.79 Å². The van der Waals surface area contributed by atoms with Crippen molar-refractivity contribution in [1.82, 2.24) is 5.32 Å². The number of nitrogens with one attached hydrogen (secondary N) is 1. The molecule has 0 fully saturated rings. The summed E-state index contributed by atoms with van der Waals surface area (Å²) in [5.41, 5.74) is 1.29. The molecule has 0 radical (unpaired) electrons. The molecular weight excluding hydrogens is 428 g/mol. The van der Waals surface area contributed by atoms with E-state index in [-0.39, 0.29) is 5.91 Å². The van der Waals surface area contributed by atoms with E-state index in [0.29, 0.717) is 6.42 Å². The summed E-state index contributed by atoms with van der Waals surface area (Å²) in [4.78, 5) is 16.8. The summed E-state index contributed by atoms with van der Waals surface area (Å²) in [7, 11) is 0. The van der Waals surface area contributed by atoms with Gasteiger partial charge in [0.2, 0.25) is 0 Å². The summed E-state index contributed by atoms with van der Waals surface area (Å²) >= 11 is 1.59. The number of amidine groups is 1. The van der Waals surface area contributed by atoms with Crippen molar-refractivity contribution >= 4 is 22.8 Å². The summed E-state index contributed by atoms with van der Waals surface area (Å²) in [6, 6.07) is 8.25. The van der Waals surface area contributed by atoms with Crippen molar-refractivity contribution in [3.63, 3.8) is 0 Å². The van der Waals surface area contributed by atoms with E-state index in [1.807, 2.05) is 19.1 Å². The summed E-state index contributed by atoms with van der Waals surface area (Å²) < 4.78 is 6.02. The zero-order valence-electron chi connectivity index (χ0n) is 21.1. The number of unbranched alkanes of at least 4 members (excludes halogenated alkanes) is 12. The highest BCUT2D eigenvalue weighted by Gasteiger charge is 2.21. The van der Waals surface area contributed by atoms with E-state index in [2.05, 4.69) is 29.4 Å². The average Bonchev–Trinajstić information content (AvgIpc) is 3.33. The number of aryl methyl sites for hydroxylation is 1. The topological polar surface area (TPSA) is 50.7 Å². The maximum atomic E-state index is 12.5. The normalized spacial score (nSPS) is 14.2. The van der Waals surface area contributed by atoms with E-state index in [1.165, 1.54) is 89.0 Å². The first kappa shape index (κ1) is 27.8. The molecule has 1 aliphatic rings. The minimum Gasteiger partial charge on any atom is -0.481 e. The molecule has 4 nitrogen and oxygen atoms in total. The Morgan fingerprint density at radius 1 is 0.970 bits per heavy atom. The predicted octanol–water partition coefficient (Wildman–Crippen LogP) is 7.70. The number of amides is 1. The largest absolute Gasteiger partial charge is 0.481 e. The average molecular weight is 475 g/mol. The van der Waals surface area contributed by atoms with Crippen LogP contribution in [-0.4, -0.2) is 29.5 Å². The van der Waals surface area contributed by atoms with E-state index in [0.717, 1.165) is 29.6 Å². The molecule has 1 atom stereocenters. The highest BCUT2D eigenvalue weighted by molar-refractivity contribution is 8.14. The maximum Gasteiger partial charge on any atom is 0.266 e. The molecule has 1 amide bonds. The molecule has 186 valence electrons. The predicted molar refractivity (Wildman–Crippen MR) is 143 cm³/mol. The molecule has 1 N–H and O–H groups in total. The standard InChI is InChI=1S/C28H46N2O2S/c1-3-5-6-7-8-9-10-11-12-13-14-15-16-18-24-19-17-20-25(23-24)32-26(4-2)27(31)30-28-29-21-22-33-28/h17,19-20,23,26H,3-16,18,21-22H2,1-2H3,(H,29,30,31). The second-order valence-electron chi connectivity index (χ2n) is 9.18. The third kappa shape index (κ3) is 12.5. The first-order valence-electron chi connectivity index (χ1n) is 13.5. The SMILES string of the molecule is CCCCCCCCCCCCCCCc1cccc(OC(CC)C(=O)NC2=NCCS2)c1. The van der Waals surface area contributed by atoms with Gasteiger partial charge in [-0.15, -0.1) is 0 Å². The number of hydrogen-bond donors (Lipinski definition) is 1. The van der Waals surface area contributed by atoms with Gasteiger partial charge in [0.15, 0.2) is 11.3 Å². The van der Waals surface area contributed by atoms with Crippen LogP contribution < -0.4 is 10.1 Å². The molecule has 5 heteroatoms. The van der Waals surface area contributed by atoms with Crippen LogP contribution in [0, 0.1) is 0 Å². The van der Waals surface area contributed by atoms with Crippen molar-refractivity contribution in [3.8, 4) is 5.75 Å². The molecule has 33 heavy (non-hydrogen) atoms. The van der Waals surface area contributed by atoms with E-state index in [4.69, 9.17) is 4.74 Å². The zero-order chi connectivity index (χ0) is 23.6. The van der Waals surface area contributed by atoms with Crippen LogP contribution in [0.3, 0.4) is 0 Å². The van der Waals surface area contributed by atoms with Crippen LogP contribution in [0.25, 0.3) is 0 Å². The van der Waals surface area contributed by atoms with Crippen LogP contribution in [0.5, 0.6) is 5.75 Å². The van der Waals surface area contributed by atoms with Gasteiger partial charge in [-0.05, 0) is 37.0 Å². The number of ether oxygens (including phenoxy) is 1. The second-order valence-corrected chi connectivity index (χ2v) is 10.3. The third-order valence-corrected chi connectivity index (χ3v) is 7.12. The fourth-order valence-corrected chi connectivity index (χ4v) is 4.94. The summed E-state index contributed by atoms with van der Waals surface area (Å²) in [6.45, 7) is 5.04. The zero-order valence-corrected chi connectivity index (χ0v) is 21.9. The Labute approximate surface area is 206 Å². The summed E-state index contributed by atoms with van der Waals surface area (Å²) in [5.74, 6) is 1.62. The molecule has 1 aromatic rings. The van der Waals surface area contributed by atoms with Gasteiger partial charge >= 0.3 is 0 Å². The van der Waals surface area contributed by atoms with Gasteiger partial charge in [-0.2, -0.15) is 0 Å². The molecule has 0 aromatic heterocycles. The fraction of sp³-hybridized carbons (Fsp3) is 0.714. The molecule has 0 spiro atoms. The molecule has 1 heterocycles. The first-order chi connectivity index (χ1) is 16.2. The number of benzene rings is 1. The minimum atomic E-state index is -0.486. The number of nitrogens with zero attached hydrogens (tertiary/aromatic N) is 1. The van der Waals surface area contributed by atoms with Crippen molar-refractivity contribution in [1.29, 1.82) is 0 Å². The van der Waals surface area contributed by atoms with E-state index < -0.39 is 6.10 Å². The van der Waals surface area contributed by atoms with Gasteiger partial charge in [0.25, 0.3) is 5.91 Å². The highest BCUT2D eigenvalue weighted by atomic mass is 32.2. The number of hydrogen-bond acceptors (Lipinski definition) is 4. The summed E-state index contributed by atoms with van der Waals surface area (Å²) in [5, 5.41) is 3.61. The van der Waals surface area contributed by atoms with Crippen molar-refractivity contribution < 1.29 is 9.53 Å². The maximum absolute atomic E-state index is 12.5. The minimum absolute atomic E-state index is 0.104. The quantitative estimate of drug-likeness (QED) is 0.222. The Bertz CT molecular complexity index is 692. The lowest BCUT2D eigenvalue weighted by Gasteiger charge is -2.17. The lowest BCUT2D eigenvalue weighted by molar-refractivity contribution is -0.126. The van der Waals surface area contributed by atoms with E-state index >= 15 is 0 Å². The monoisotopic (exact) mass is 474 g/mol. The Morgan fingerprint density at radius 3 is 2.18 bits per heavy atom. The lowest BCUT2D eigenvalue weighted by Crippen LogP contribution is -2.40. The van der Waals surface area contributed by atoms with Crippen LogP contribution in [0.15, 0.2) is 29.3 Å². The van der Waals surface area contributed by atoms with Gasteiger partial charge < -0.3 is 10.1 Å². The molecule has 1 aliphatic heterocycles. The smallest absolute Gasteiger partial charge is 0.266 e. The van der Waals surface area contributed by atoms with Crippen LogP contribution in [0.4, 0.5) is 0 Å². The third-order valence-electron chi connectivity index (χ3n) is 6.22. The van der Waals surface area contributed by atoms with Crippen LogP contribution in [-0.2, 0) is 11.2 Å². The second kappa shape index (κ2) is 17.9. The Hall–Kier alpha value is -1.49. The fourth-order valence-electron chi connectivity index (χ4n) is 4.20. The number of aliphatic imine (C=N–C) groups is 1. The molecular formula is C28H46N2O2S. The van der Waals surface area contributed by atoms with Crippen molar-refractivity contribution in [2.45, 2.75) is 116 Å². The first-order valence-corrected chi connectivity index (χ1v) is 14.4. The highest BCUT2D eigenvalue weighted by Crippen LogP contribution is 2.19. The Kier molecular flexibility index (Phi) is 15.1. The lowest BCUT2D eigenvalue weighted by atomic mass is 10.0. The number of carbonyl (C=O) groups is 1. The van der Waals surface area contributed by atoms with E-state index in [1.54, 1.807) is 11.8 Å². The van der Waals surface area contributed by atoms with Crippen LogP contribution in [0.2, 0.25) is 0 Å². The van der Waals surface area contributed by atoms with Gasteiger partial charge in [-0.1, -0.05) is 115 Å². The number of thioether (sulfide) groups is 1. The van der Waals surface area contributed by atoms with Gasteiger partial charge in [0.05, 0.1) is 6.54 Å². The Morgan fingerprint density at radius 2 is 1.61 bits per heavy atom. The van der Waals surface area contributed by atoms with Gasteiger partial charge in [0.1, 0.15) is 5.75 Å². The van der Waals surface area contributed by atoms with Crippen molar-refractivity contribution in [2.24, 2.45) is 4.99 Å². The molecule has 1 unspecified atom stereocenters. The molecule has 0 saturated heterocycles. The number of rotatable bonds is 18. The molecule has 0 bridgehead atoms. The van der Waals surface area contributed by atoms with Gasteiger partial charge in [-0.3, -0.25) is 9.79 Å². The molecule has 0 saturated carbocycles. The van der Waals surface area contributed by atoms with Gasteiger partial charge in [0, 0.05) is 5.75 Å². The van der Waals surface area contributed by atoms with Gasteiger partial charge in [-0.25, -0.2) is 0 Å². The Balaban J connectivity index is 1.55. The molecule has 0 aliphatic carbocycles. The molecule has 1 aromatic carbocycles. The molecule has 2 rings (SSSR count). The summed E-state index contributed by atoms with van der Waals surface area (Å²) in [6.07, 6.45) is 19.1.